The van der Waals surface area contributed by atoms with Gasteiger partial charge in [-0.1, -0.05) is 0 Å². The van der Waals surface area contributed by atoms with E-state index in [9.17, 15) is 4.79 Å². The standard InChI is InChI=1S/C10H20N2O2/c1-12(2)10(13)7-14-9-5-3-4-8(11)6-9/h8-9H,3-7,11H2,1-2H3. The Kier molecular flexibility index (Phi) is 4.35. The minimum Gasteiger partial charge on any atom is -0.368 e. The maximum absolute atomic E-state index is 11.2. The monoisotopic (exact) mass is 200 g/mol. The molecule has 0 aromatic rings. The van der Waals surface area contributed by atoms with E-state index in [1.54, 1.807) is 19.0 Å². The molecule has 1 fully saturated rings. The van der Waals surface area contributed by atoms with Crippen molar-refractivity contribution < 1.29 is 9.53 Å². The van der Waals surface area contributed by atoms with Gasteiger partial charge in [-0.25, -0.2) is 0 Å². The van der Waals surface area contributed by atoms with Crippen molar-refractivity contribution in [2.75, 3.05) is 20.7 Å². The Hall–Kier alpha value is -0.610. The van der Waals surface area contributed by atoms with E-state index in [1.807, 2.05) is 0 Å². The normalized spacial score (nSPS) is 27.4. The van der Waals surface area contributed by atoms with Crippen LogP contribution < -0.4 is 5.73 Å². The van der Waals surface area contributed by atoms with Gasteiger partial charge in [-0.2, -0.15) is 0 Å². The summed E-state index contributed by atoms with van der Waals surface area (Å²) < 4.78 is 5.51. The lowest BCUT2D eigenvalue weighted by atomic mass is 9.94. The highest BCUT2D eigenvalue weighted by Gasteiger charge is 2.20. The smallest absolute Gasteiger partial charge is 0.248 e. The van der Waals surface area contributed by atoms with Crippen molar-refractivity contribution in [1.29, 1.82) is 0 Å². The first-order chi connectivity index (χ1) is 6.59. The van der Waals surface area contributed by atoms with Crippen molar-refractivity contribution in [2.24, 2.45) is 5.73 Å². The quantitative estimate of drug-likeness (QED) is 0.715. The van der Waals surface area contributed by atoms with Crippen LogP contribution >= 0.6 is 0 Å². The molecule has 0 heterocycles. The summed E-state index contributed by atoms with van der Waals surface area (Å²) in [6, 6.07) is 0.253. The number of hydrogen-bond acceptors (Lipinski definition) is 3. The Balaban J connectivity index is 2.20. The fourth-order valence-electron chi connectivity index (χ4n) is 1.65. The van der Waals surface area contributed by atoms with E-state index in [2.05, 4.69) is 0 Å². The highest BCUT2D eigenvalue weighted by molar-refractivity contribution is 5.76. The van der Waals surface area contributed by atoms with Crippen molar-refractivity contribution >= 4 is 5.91 Å². The molecular weight excluding hydrogens is 180 g/mol. The lowest BCUT2D eigenvalue weighted by Crippen LogP contribution is -2.35. The van der Waals surface area contributed by atoms with Crippen molar-refractivity contribution in [2.45, 2.75) is 37.8 Å². The number of nitrogens with two attached hydrogens (primary N) is 1. The largest absolute Gasteiger partial charge is 0.368 e. The molecule has 1 rings (SSSR count). The van der Waals surface area contributed by atoms with Crippen LogP contribution in [0.2, 0.25) is 0 Å². The van der Waals surface area contributed by atoms with Gasteiger partial charge in [0.2, 0.25) is 5.91 Å². The fraction of sp³-hybridized carbons (Fsp3) is 0.900. The molecule has 2 N–H and O–H groups in total. The summed E-state index contributed by atoms with van der Waals surface area (Å²) in [6.07, 6.45) is 4.31. The van der Waals surface area contributed by atoms with Gasteiger partial charge in [-0.05, 0) is 25.7 Å². The molecule has 82 valence electrons. The van der Waals surface area contributed by atoms with E-state index in [-0.39, 0.29) is 24.7 Å². The number of hydrogen-bond donors (Lipinski definition) is 1. The van der Waals surface area contributed by atoms with Crippen LogP contribution in [0.5, 0.6) is 0 Å². The number of amides is 1. The van der Waals surface area contributed by atoms with Crippen LogP contribution in [0.1, 0.15) is 25.7 Å². The zero-order valence-corrected chi connectivity index (χ0v) is 9.03. The maximum atomic E-state index is 11.2. The summed E-state index contributed by atoms with van der Waals surface area (Å²) in [5.41, 5.74) is 5.82. The molecule has 1 saturated carbocycles. The van der Waals surface area contributed by atoms with Gasteiger partial charge in [0.25, 0.3) is 0 Å². The Morgan fingerprint density at radius 2 is 2.21 bits per heavy atom. The van der Waals surface area contributed by atoms with Crippen LogP contribution in [-0.2, 0) is 9.53 Å². The fourth-order valence-corrected chi connectivity index (χ4v) is 1.65. The van der Waals surface area contributed by atoms with Gasteiger partial charge in [0.1, 0.15) is 6.61 Å². The first-order valence-electron chi connectivity index (χ1n) is 5.17. The second-order valence-corrected chi connectivity index (χ2v) is 4.15. The average molecular weight is 200 g/mol. The summed E-state index contributed by atoms with van der Waals surface area (Å²) in [7, 11) is 3.47. The van der Waals surface area contributed by atoms with Gasteiger partial charge in [0.15, 0.2) is 0 Å². The van der Waals surface area contributed by atoms with E-state index in [1.165, 1.54) is 0 Å². The molecule has 1 aliphatic carbocycles. The molecule has 0 radical (unpaired) electrons. The number of likely N-dealkylation sites (N-methyl/N-ethyl adjacent to an activating group) is 1. The average Bonchev–Trinajstić information content (AvgIpc) is 2.14. The third kappa shape index (κ3) is 3.64. The third-order valence-electron chi connectivity index (χ3n) is 2.61. The molecule has 4 heteroatoms. The summed E-state index contributed by atoms with van der Waals surface area (Å²) in [5.74, 6) is 0.0177. The number of carbonyl (C=O) groups is 1. The van der Waals surface area contributed by atoms with E-state index in [4.69, 9.17) is 10.5 Å². The van der Waals surface area contributed by atoms with E-state index < -0.39 is 0 Å². The molecule has 0 bridgehead atoms. The molecule has 0 spiro atoms. The molecular formula is C10H20N2O2. The second kappa shape index (κ2) is 5.32. The first kappa shape index (κ1) is 11.5. The number of nitrogens with zero attached hydrogens (tertiary/aromatic N) is 1. The summed E-state index contributed by atoms with van der Waals surface area (Å²) >= 11 is 0. The Morgan fingerprint density at radius 1 is 1.50 bits per heavy atom. The van der Waals surface area contributed by atoms with Crippen molar-refractivity contribution in [3.05, 3.63) is 0 Å². The molecule has 0 aromatic carbocycles. The molecule has 14 heavy (non-hydrogen) atoms. The molecule has 2 atom stereocenters. The van der Waals surface area contributed by atoms with Gasteiger partial charge in [0.05, 0.1) is 6.10 Å². The zero-order valence-electron chi connectivity index (χ0n) is 9.03. The van der Waals surface area contributed by atoms with Gasteiger partial charge >= 0.3 is 0 Å². The summed E-state index contributed by atoms with van der Waals surface area (Å²) in [6.45, 7) is 0.185. The topological polar surface area (TPSA) is 55.6 Å². The summed E-state index contributed by atoms with van der Waals surface area (Å²) in [4.78, 5) is 12.8. The Bertz CT molecular complexity index is 195. The van der Waals surface area contributed by atoms with Crippen molar-refractivity contribution in [1.82, 2.24) is 4.90 Å². The first-order valence-corrected chi connectivity index (χ1v) is 5.17. The van der Waals surface area contributed by atoms with Crippen LogP contribution in [-0.4, -0.2) is 43.7 Å². The lowest BCUT2D eigenvalue weighted by molar-refractivity contribution is -0.136. The summed E-state index contributed by atoms with van der Waals surface area (Å²) in [5, 5.41) is 0. The van der Waals surface area contributed by atoms with E-state index in [0.717, 1.165) is 25.7 Å². The zero-order chi connectivity index (χ0) is 10.6. The van der Waals surface area contributed by atoms with Crippen LogP contribution in [0.4, 0.5) is 0 Å². The minimum absolute atomic E-state index is 0.0177. The van der Waals surface area contributed by atoms with E-state index >= 15 is 0 Å². The van der Waals surface area contributed by atoms with Gasteiger partial charge in [-0.15, -0.1) is 0 Å². The molecule has 1 amide bonds. The highest BCUT2D eigenvalue weighted by atomic mass is 16.5. The molecule has 2 unspecified atom stereocenters. The molecule has 4 nitrogen and oxygen atoms in total. The van der Waals surface area contributed by atoms with Gasteiger partial charge in [-0.3, -0.25) is 4.79 Å². The predicted molar refractivity (Wildman–Crippen MR) is 54.9 cm³/mol. The molecule has 0 aliphatic heterocycles. The SMILES string of the molecule is CN(C)C(=O)COC1CCCC(N)C1. The number of ether oxygens (including phenoxy) is 1. The van der Waals surface area contributed by atoms with Crippen molar-refractivity contribution in [3.8, 4) is 0 Å². The Morgan fingerprint density at radius 3 is 2.79 bits per heavy atom. The van der Waals surface area contributed by atoms with E-state index in [0.29, 0.717) is 0 Å². The van der Waals surface area contributed by atoms with Gasteiger partial charge < -0.3 is 15.4 Å². The molecule has 0 saturated heterocycles. The maximum Gasteiger partial charge on any atom is 0.248 e. The van der Waals surface area contributed by atoms with Gasteiger partial charge in [0, 0.05) is 20.1 Å². The highest BCUT2D eigenvalue weighted by Crippen LogP contribution is 2.19. The minimum atomic E-state index is 0.0177. The predicted octanol–water partition coefficient (Wildman–Crippen LogP) is 0.361. The molecule has 0 aromatic heterocycles. The third-order valence-corrected chi connectivity index (χ3v) is 2.61. The van der Waals surface area contributed by atoms with Crippen LogP contribution in [0.25, 0.3) is 0 Å². The second-order valence-electron chi connectivity index (χ2n) is 4.15. The molecule has 1 aliphatic rings. The van der Waals surface area contributed by atoms with Crippen LogP contribution in [0, 0.1) is 0 Å². The van der Waals surface area contributed by atoms with Crippen LogP contribution in [0.3, 0.4) is 0 Å². The van der Waals surface area contributed by atoms with Crippen molar-refractivity contribution in [3.63, 3.8) is 0 Å². The number of carbonyl (C=O) groups excluding carboxylic acids is 1. The number of rotatable bonds is 3. The Labute approximate surface area is 85.4 Å². The van der Waals surface area contributed by atoms with Crippen LogP contribution in [0.15, 0.2) is 0 Å². The lowest BCUT2D eigenvalue weighted by Gasteiger charge is -2.26.